The standard InChI is InChI=1S/C16H17N3O4/c1-10-5-13-6-12(3-4-15(13)19(10)9-20)14-7-18(23-16(14)22)8-17-11(2)21/h3-4,6-7,9-10H,5,8H2,1-2H3,(H,17,21). The van der Waals surface area contributed by atoms with Crippen LogP contribution in [0, 0.1) is 0 Å². The molecule has 7 nitrogen and oxygen atoms in total. The van der Waals surface area contributed by atoms with Gasteiger partial charge in [-0.1, -0.05) is 6.07 Å². The molecule has 0 saturated carbocycles. The van der Waals surface area contributed by atoms with E-state index < -0.39 is 5.63 Å². The van der Waals surface area contributed by atoms with Crippen LogP contribution in [0.3, 0.4) is 0 Å². The molecular weight excluding hydrogens is 298 g/mol. The lowest BCUT2D eigenvalue weighted by molar-refractivity contribution is -0.119. The minimum absolute atomic E-state index is 0.103. The lowest BCUT2D eigenvalue weighted by Crippen LogP contribution is -2.27. The summed E-state index contributed by atoms with van der Waals surface area (Å²) in [5, 5.41) is 2.56. The molecule has 23 heavy (non-hydrogen) atoms. The van der Waals surface area contributed by atoms with Crippen LogP contribution in [0.2, 0.25) is 0 Å². The molecule has 1 N–H and O–H groups in total. The Labute approximate surface area is 132 Å². The molecule has 2 aromatic rings. The second-order valence-electron chi connectivity index (χ2n) is 5.64. The van der Waals surface area contributed by atoms with Crippen LogP contribution >= 0.6 is 0 Å². The fraction of sp³-hybridized carbons (Fsp3) is 0.312. The lowest BCUT2D eigenvalue weighted by Gasteiger charge is -2.15. The molecule has 1 atom stereocenters. The summed E-state index contributed by atoms with van der Waals surface area (Å²) in [4.78, 5) is 35.7. The molecular formula is C16H17N3O4. The van der Waals surface area contributed by atoms with Gasteiger partial charge in [0.05, 0.1) is 11.8 Å². The first-order chi connectivity index (χ1) is 11.0. The highest BCUT2D eigenvalue weighted by Gasteiger charge is 2.26. The van der Waals surface area contributed by atoms with Gasteiger partial charge in [-0.3, -0.25) is 9.59 Å². The van der Waals surface area contributed by atoms with E-state index in [1.54, 1.807) is 17.2 Å². The number of nitrogens with zero attached hydrogens (tertiary/aromatic N) is 2. The molecule has 0 spiro atoms. The van der Waals surface area contributed by atoms with Crippen LogP contribution < -0.4 is 15.8 Å². The number of aromatic nitrogens is 1. The van der Waals surface area contributed by atoms with Crippen molar-refractivity contribution in [3.8, 4) is 11.1 Å². The Hall–Kier alpha value is -2.83. The smallest absolute Gasteiger partial charge is 0.336 e. The van der Waals surface area contributed by atoms with Crippen LogP contribution in [0.15, 0.2) is 33.7 Å². The monoisotopic (exact) mass is 315 g/mol. The van der Waals surface area contributed by atoms with Gasteiger partial charge in [-0.2, -0.15) is 4.74 Å². The Morgan fingerprint density at radius 1 is 1.48 bits per heavy atom. The highest BCUT2D eigenvalue weighted by Crippen LogP contribution is 2.33. The van der Waals surface area contributed by atoms with Crippen LogP contribution in [0.4, 0.5) is 5.69 Å². The van der Waals surface area contributed by atoms with E-state index in [-0.39, 0.29) is 18.6 Å². The van der Waals surface area contributed by atoms with Gasteiger partial charge in [-0.15, -0.1) is 0 Å². The molecule has 1 unspecified atom stereocenters. The van der Waals surface area contributed by atoms with E-state index in [0.717, 1.165) is 29.6 Å². The average Bonchev–Trinajstić information content (AvgIpc) is 3.03. The van der Waals surface area contributed by atoms with Gasteiger partial charge in [0.25, 0.3) is 0 Å². The molecule has 2 amide bonds. The van der Waals surface area contributed by atoms with Crippen LogP contribution in [-0.2, 0) is 22.7 Å². The Kier molecular flexibility index (Phi) is 3.77. The molecule has 120 valence electrons. The van der Waals surface area contributed by atoms with Crippen molar-refractivity contribution in [3.05, 3.63) is 40.4 Å². The Morgan fingerprint density at radius 3 is 2.96 bits per heavy atom. The zero-order valence-corrected chi connectivity index (χ0v) is 12.9. The molecule has 1 aromatic heterocycles. The molecule has 1 aromatic carbocycles. The number of hydrogen-bond donors (Lipinski definition) is 1. The van der Waals surface area contributed by atoms with Crippen molar-refractivity contribution >= 4 is 18.0 Å². The van der Waals surface area contributed by atoms with Gasteiger partial charge in [0, 0.05) is 18.7 Å². The zero-order chi connectivity index (χ0) is 16.6. The number of fused-ring (bicyclic) bond motifs is 1. The molecule has 1 aliphatic heterocycles. The Balaban J connectivity index is 1.92. The Morgan fingerprint density at radius 2 is 2.26 bits per heavy atom. The van der Waals surface area contributed by atoms with E-state index in [1.165, 1.54) is 11.7 Å². The average molecular weight is 315 g/mol. The van der Waals surface area contributed by atoms with Crippen molar-refractivity contribution in [2.45, 2.75) is 33.0 Å². The minimum Gasteiger partial charge on any atom is -0.336 e. The van der Waals surface area contributed by atoms with Crippen molar-refractivity contribution in [1.29, 1.82) is 0 Å². The quantitative estimate of drug-likeness (QED) is 0.857. The van der Waals surface area contributed by atoms with Gasteiger partial charge in [0.15, 0.2) is 0 Å². The molecule has 3 rings (SSSR count). The summed E-state index contributed by atoms with van der Waals surface area (Å²) < 4.78 is 6.37. The third-order valence-corrected chi connectivity index (χ3v) is 3.95. The maximum atomic E-state index is 12.0. The van der Waals surface area contributed by atoms with Gasteiger partial charge in [0.1, 0.15) is 6.67 Å². The summed E-state index contributed by atoms with van der Waals surface area (Å²) in [5.41, 5.74) is 2.59. The number of anilines is 1. The van der Waals surface area contributed by atoms with Gasteiger partial charge >= 0.3 is 5.63 Å². The summed E-state index contributed by atoms with van der Waals surface area (Å²) in [7, 11) is 0. The lowest BCUT2D eigenvalue weighted by atomic mass is 10.0. The normalized spacial score (nSPS) is 16.3. The predicted molar refractivity (Wildman–Crippen MR) is 83.9 cm³/mol. The third kappa shape index (κ3) is 2.77. The van der Waals surface area contributed by atoms with Crippen LogP contribution in [0.5, 0.6) is 0 Å². The van der Waals surface area contributed by atoms with Crippen molar-refractivity contribution in [1.82, 2.24) is 10.1 Å². The highest BCUT2D eigenvalue weighted by atomic mass is 16.5. The summed E-state index contributed by atoms with van der Waals surface area (Å²) in [5.74, 6) is -0.205. The van der Waals surface area contributed by atoms with Crippen LogP contribution in [0.1, 0.15) is 19.4 Å². The number of hydrogen-bond acceptors (Lipinski definition) is 4. The maximum absolute atomic E-state index is 12.0. The largest absolute Gasteiger partial charge is 0.365 e. The number of nitrogens with one attached hydrogen (secondary N) is 1. The number of rotatable bonds is 4. The highest BCUT2D eigenvalue weighted by molar-refractivity contribution is 5.82. The van der Waals surface area contributed by atoms with Crippen LogP contribution in [0.25, 0.3) is 11.1 Å². The first-order valence-corrected chi connectivity index (χ1v) is 7.31. The van der Waals surface area contributed by atoms with Crippen molar-refractivity contribution in [2.24, 2.45) is 0 Å². The zero-order valence-electron chi connectivity index (χ0n) is 12.9. The SMILES string of the molecule is CC(=O)NCn1cc(-c2ccc3c(c2)CC(C)N3C=O)c(=O)o1. The van der Waals surface area contributed by atoms with E-state index >= 15 is 0 Å². The van der Waals surface area contributed by atoms with Gasteiger partial charge in [-0.25, -0.2) is 4.79 Å². The van der Waals surface area contributed by atoms with Crippen molar-refractivity contribution in [2.75, 3.05) is 4.90 Å². The summed E-state index contributed by atoms with van der Waals surface area (Å²) in [6.07, 6.45) is 3.14. The molecule has 0 aliphatic carbocycles. The van der Waals surface area contributed by atoms with E-state index in [2.05, 4.69) is 5.32 Å². The van der Waals surface area contributed by atoms with Gasteiger partial charge in [0.2, 0.25) is 12.3 Å². The summed E-state index contributed by atoms with van der Waals surface area (Å²) >= 11 is 0. The van der Waals surface area contributed by atoms with Crippen LogP contribution in [-0.4, -0.2) is 23.1 Å². The maximum Gasteiger partial charge on any atom is 0.365 e. The molecule has 1 aliphatic rings. The predicted octanol–water partition coefficient (Wildman–Crippen LogP) is 1.11. The second-order valence-corrected chi connectivity index (χ2v) is 5.64. The number of amides is 2. The third-order valence-electron chi connectivity index (χ3n) is 3.95. The van der Waals surface area contributed by atoms with E-state index in [9.17, 15) is 14.4 Å². The molecule has 2 heterocycles. The van der Waals surface area contributed by atoms with E-state index in [1.807, 2.05) is 19.1 Å². The van der Waals surface area contributed by atoms with E-state index in [4.69, 9.17) is 4.52 Å². The van der Waals surface area contributed by atoms with Crippen molar-refractivity contribution < 1.29 is 14.1 Å². The fourth-order valence-corrected chi connectivity index (χ4v) is 2.82. The first-order valence-electron chi connectivity index (χ1n) is 7.31. The molecule has 0 fully saturated rings. The number of carbonyl (C=O) groups is 2. The fourth-order valence-electron chi connectivity index (χ4n) is 2.82. The molecule has 7 heteroatoms. The molecule has 0 radical (unpaired) electrons. The van der Waals surface area contributed by atoms with Gasteiger partial charge in [-0.05, 0) is 36.6 Å². The van der Waals surface area contributed by atoms with Crippen molar-refractivity contribution in [3.63, 3.8) is 0 Å². The van der Waals surface area contributed by atoms with E-state index in [0.29, 0.717) is 5.56 Å². The van der Waals surface area contributed by atoms with Gasteiger partial charge < -0.3 is 14.7 Å². The first kappa shape index (κ1) is 15.1. The second kappa shape index (κ2) is 5.75. The Bertz CT molecular complexity index is 821. The summed E-state index contributed by atoms with van der Waals surface area (Å²) in [6, 6.07) is 5.65. The molecule has 0 bridgehead atoms. The minimum atomic E-state index is -0.464. The molecule has 0 saturated heterocycles. The number of benzene rings is 1. The summed E-state index contributed by atoms with van der Waals surface area (Å²) in [6.45, 7) is 3.47. The number of carbonyl (C=O) groups excluding carboxylic acids is 2. The topological polar surface area (TPSA) is 84.5 Å².